The molecule has 19 heavy (non-hydrogen) atoms. The van der Waals surface area contributed by atoms with Gasteiger partial charge in [0, 0.05) is 25.1 Å². The van der Waals surface area contributed by atoms with Crippen LogP contribution in [0.5, 0.6) is 0 Å². The van der Waals surface area contributed by atoms with Crippen molar-refractivity contribution in [2.75, 3.05) is 33.4 Å². The molecular formula is C15H19Cl2NO. The fraction of sp³-hybridized carbons (Fsp3) is 0.600. The molecule has 3 rings (SSSR count). The van der Waals surface area contributed by atoms with Gasteiger partial charge in [-0.15, -0.1) is 0 Å². The molecule has 1 aliphatic heterocycles. The zero-order valence-electron chi connectivity index (χ0n) is 11.3. The fourth-order valence-electron chi connectivity index (χ4n) is 3.79. The van der Waals surface area contributed by atoms with Crippen molar-refractivity contribution in [3.8, 4) is 0 Å². The number of hydrogen-bond acceptors (Lipinski definition) is 2. The second-order valence-corrected chi connectivity index (χ2v) is 6.55. The molecule has 1 heterocycles. The number of ether oxygens (including phenoxy) is 1. The zero-order chi connectivity index (χ0) is 13.6. The summed E-state index contributed by atoms with van der Waals surface area (Å²) < 4.78 is 5.65. The Labute approximate surface area is 124 Å². The number of nitrogens with zero attached hydrogens (tertiary/aromatic N) is 1. The van der Waals surface area contributed by atoms with Crippen LogP contribution in [0.1, 0.15) is 12.5 Å². The van der Waals surface area contributed by atoms with E-state index in [0.29, 0.717) is 21.9 Å². The van der Waals surface area contributed by atoms with Gasteiger partial charge in [0.1, 0.15) is 0 Å². The first-order valence-electron chi connectivity index (χ1n) is 6.81. The van der Waals surface area contributed by atoms with Crippen molar-refractivity contribution in [3.63, 3.8) is 0 Å². The highest BCUT2D eigenvalue weighted by Gasteiger charge is 2.68. The summed E-state index contributed by atoms with van der Waals surface area (Å²) in [7, 11) is 2.18. The Morgan fingerprint density at radius 3 is 2.84 bits per heavy atom. The van der Waals surface area contributed by atoms with E-state index in [1.54, 1.807) is 0 Å². The molecule has 3 atom stereocenters. The third-order valence-corrected chi connectivity index (χ3v) is 5.44. The number of benzene rings is 1. The normalized spacial score (nSPS) is 33.5. The molecular weight excluding hydrogens is 281 g/mol. The highest BCUT2D eigenvalue weighted by Crippen LogP contribution is 2.64. The third kappa shape index (κ3) is 2.09. The molecule has 1 aromatic carbocycles. The van der Waals surface area contributed by atoms with Crippen LogP contribution in [0, 0.1) is 11.8 Å². The Kier molecular flexibility index (Phi) is 3.55. The number of piperidine rings is 1. The van der Waals surface area contributed by atoms with Crippen LogP contribution in [0.25, 0.3) is 0 Å². The number of halogens is 2. The maximum Gasteiger partial charge on any atom is 0.0595 e. The molecule has 1 saturated carbocycles. The second kappa shape index (κ2) is 4.92. The second-order valence-electron chi connectivity index (χ2n) is 5.74. The lowest BCUT2D eigenvalue weighted by molar-refractivity contribution is 0.120. The molecule has 2 fully saturated rings. The van der Waals surface area contributed by atoms with Crippen LogP contribution in [0.4, 0.5) is 0 Å². The molecule has 1 aliphatic carbocycles. The summed E-state index contributed by atoms with van der Waals surface area (Å²) in [6.45, 7) is 5.94. The van der Waals surface area contributed by atoms with Gasteiger partial charge in [0.15, 0.2) is 0 Å². The molecule has 0 radical (unpaired) electrons. The largest absolute Gasteiger partial charge is 0.381 e. The molecule has 4 heteroatoms. The predicted molar refractivity (Wildman–Crippen MR) is 79.1 cm³/mol. The standard InChI is InChI=1S/C15H19Cl2NO/c1-3-19-8-12-11-7-18(2)9-15(11,12)10-4-5-13(16)14(17)6-10/h4-6,11-12H,3,7-9H2,1-2H3/t11?,12-,15?/m1/s1. The number of rotatable bonds is 4. The van der Waals surface area contributed by atoms with Gasteiger partial charge in [-0.05, 0) is 43.5 Å². The van der Waals surface area contributed by atoms with E-state index in [1.165, 1.54) is 5.56 Å². The number of hydrogen-bond donors (Lipinski definition) is 0. The van der Waals surface area contributed by atoms with Gasteiger partial charge in [-0.25, -0.2) is 0 Å². The Balaban J connectivity index is 1.89. The van der Waals surface area contributed by atoms with E-state index in [2.05, 4.69) is 24.9 Å². The monoisotopic (exact) mass is 299 g/mol. The van der Waals surface area contributed by atoms with Gasteiger partial charge in [-0.2, -0.15) is 0 Å². The van der Waals surface area contributed by atoms with E-state index in [1.807, 2.05) is 12.1 Å². The molecule has 2 unspecified atom stereocenters. The van der Waals surface area contributed by atoms with E-state index in [4.69, 9.17) is 27.9 Å². The molecule has 0 N–H and O–H groups in total. The summed E-state index contributed by atoms with van der Waals surface area (Å²) in [4.78, 5) is 2.40. The van der Waals surface area contributed by atoms with Crippen LogP contribution in [0.3, 0.4) is 0 Å². The molecule has 0 bridgehead atoms. The Morgan fingerprint density at radius 2 is 2.16 bits per heavy atom. The van der Waals surface area contributed by atoms with E-state index in [-0.39, 0.29) is 5.41 Å². The highest BCUT2D eigenvalue weighted by molar-refractivity contribution is 6.42. The summed E-state index contributed by atoms with van der Waals surface area (Å²) in [6, 6.07) is 6.09. The van der Waals surface area contributed by atoms with E-state index < -0.39 is 0 Å². The molecule has 2 aliphatic rings. The summed E-state index contributed by atoms with van der Waals surface area (Å²) in [5, 5.41) is 1.29. The van der Waals surface area contributed by atoms with Gasteiger partial charge in [0.05, 0.1) is 16.7 Å². The van der Waals surface area contributed by atoms with Crippen LogP contribution in [0.15, 0.2) is 18.2 Å². The van der Waals surface area contributed by atoms with Crippen molar-refractivity contribution in [1.82, 2.24) is 4.90 Å². The molecule has 1 saturated heterocycles. The summed E-state index contributed by atoms with van der Waals surface area (Å²) in [5.74, 6) is 1.32. The first-order chi connectivity index (χ1) is 9.09. The lowest BCUT2D eigenvalue weighted by atomic mass is 9.93. The minimum absolute atomic E-state index is 0.234. The lowest BCUT2D eigenvalue weighted by Crippen LogP contribution is -2.27. The average Bonchev–Trinajstić information content (AvgIpc) is 2.80. The highest BCUT2D eigenvalue weighted by atomic mass is 35.5. The lowest BCUT2D eigenvalue weighted by Gasteiger charge is -2.21. The summed E-state index contributed by atoms with van der Waals surface area (Å²) in [5.41, 5.74) is 1.55. The SMILES string of the molecule is CCOC[C@@H]1C2CN(C)CC21c1ccc(Cl)c(Cl)c1. The molecule has 0 amide bonds. The van der Waals surface area contributed by atoms with Gasteiger partial charge in [-0.3, -0.25) is 0 Å². The summed E-state index contributed by atoms with van der Waals surface area (Å²) in [6.07, 6.45) is 0. The predicted octanol–water partition coefficient (Wildman–Crippen LogP) is 3.46. The topological polar surface area (TPSA) is 12.5 Å². The van der Waals surface area contributed by atoms with E-state index >= 15 is 0 Å². The van der Waals surface area contributed by atoms with Gasteiger partial charge < -0.3 is 9.64 Å². The van der Waals surface area contributed by atoms with Crippen LogP contribution in [0.2, 0.25) is 10.0 Å². The first-order valence-corrected chi connectivity index (χ1v) is 7.57. The van der Waals surface area contributed by atoms with Crippen molar-refractivity contribution in [2.45, 2.75) is 12.3 Å². The van der Waals surface area contributed by atoms with Gasteiger partial charge in [-0.1, -0.05) is 29.3 Å². The van der Waals surface area contributed by atoms with Gasteiger partial charge in [0.2, 0.25) is 0 Å². The molecule has 1 aromatic rings. The zero-order valence-corrected chi connectivity index (χ0v) is 12.8. The molecule has 0 aromatic heterocycles. The summed E-state index contributed by atoms with van der Waals surface area (Å²) >= 11 is 12.2. The van der Waals surface area contributed by atoms with Crippen molar-refractivity contribution >= 4 is 23.2 Å². The van der Waals surface area contributed by atoms with E-state index in [9.17, 15) is 0 Å². The first kappa shape index (κ1) is 13.7. The maximum absolute atomic E-state index is 6.18. The molecule has 104 valence electrons. The molecule has 2 nitrogen and oxygen atoms in total. The average molecular weight is 300 g/mol. The Bertz CT molecular complexity index is 493. The van der Waals surface area contributed by atoms with Crippen molar-refractivity contribution < 1.29 is 4.74 Å². The fourth-order valence-corrected chi connectivity index (χ4v) is 4.09. The Morgan fingerprint density at radius 1 is 1.37 bits per heavy atom. The van der Waals surface area contributed by atoms with Crippen LogP contribution in [-0.2, 0) is 10.2 Å². The number of fused-ring (bicyclic) bond motifs is 1. The number of likely N-dealkylation sites (tertiary alicyclic amines) is 1. The van der Waals surface area contributed by atoms with Crippen LogP contribution >= 0.6 is 23.2 Å². The van der Waals surface area contributed by atoms with Crippen molar-refractivity contribution in [2.24, 2.45) is 11.8 Å². The van der Waals surface area contributed by atoms with Crippen molar-refractivity contribution in [3.05, 3.63) is 33.8 Å². The van der Waals surface area contributed by atoms with Crippen LogP contribution < -0.4 is 0 Å². The van der Waals surface area contributed by atoms with Gasteiger partial charge >= 0.3 is 0 Å². The number of likely N-dealkylation sites (N-methyl/N-ethyl adjacent to an activating group) is 1. The maximum atomic E-state index is 6.18. The van der Waals surface area contributed by atoms with Crippen LogP contribution in [-0.4, -0.2) is 38.3 Å². The van der Waals surface area contributed by atoms with E-state index in [0.717, 1.165) is 26.3 Å². The quantitative estimate of drug-likeness (QED) is 0.844. The minimum atomic E-state index is 0.234. The minimum Gasteiger partial charge on any atom is -0.381 e. The van der Waals surface area contributed by atoms with Crippen molar-refractivity contribution in [1.29, 1.82) is 0 Å². The third-order valence-electron chi connectivity index (χ3n) is 4.70. The smallest absolute Gasteiger partial charge is 0.0595 e. The van der Waals surface area contributed by atoms with Gasteiger partial charge in [0.25, 0.3) is 0 Å². The Hall–Kier alpha value is -0.280. The molecule has 0 spiro atoms.